The van der Waals surface area contributed by atoms with E-state index in [9.17, 15) is 4.79 Å². The number of amides is 1. The van der Waals surface area contributed by atoms with Crippen molar-refractivity contribution in [2.75, 3.05) is 14.2 Å². The average Bonchev–Trinajstić information content (AvgIpc) is 3.18. The molecule has 0 saturated carbocycles. The quantitative estimate of drug-likeness (QED) is 0.538. The first-order valence-electron chi connectivity index (χ1n) is 9.10. The van der Waals surface area contributed by atoms with E-state index in [0.717, 1.165) is 11.1 Å². The molecule has 0 aliphatic rings. The molecule has 1 amide bonds. The van der Waals surface area contributed by atoms with E-state index in [0.29, 0.717) is 35.6 Å². The normalized spacial score (nSPS) is 11.7. The summed E-state index contributed by atoms with van der Waals surface area (Å²) in [5.41, 5.74) is 2.00. The first-order chi connectivity index (χ1) is 14.1. The van der Waals surface area contributed by atoms with Gasteiger partial charge in [0.2, 0.25) is 11.8 Å². The molecule has 0 aliphatic carbocycles. The van der Waals surface area contributed by atoms with Gasteiger partial charge in [-0.1, -0.05) is 48.2 Å². The van der Waals surface area contributed by atoms with Crippen LogP contribution in [0, 0.1) is 0 Å². The number of aromatic nitrogens is 2. The molecule has 3 rings (SSSR count). The van der Waals surface area contributed by atoms with Crippen molar-refractivity contribution < 1.29 is 18.7 Å². The molecule has 1 atom stereocenters. The third-order valence-electron chi connectivity index (χ3n) is 4.21. The molecule has 1 heterocycles. The molecule has 152 valence electrons. The SMILES string of the molecule is COc1ccc(CNC(=O)[C@H](C)Sc2nnc(Cc3ccccc3)o2)cc1OC. The summed E-state index contributed by atoms with van der Waals surface area (Å²) < 4.78 is 16.2. The van der Waals surface area contributed by atoms with Crippen LogP contribution in [-0.2, 0) is 17.8 Å². The molecule has 2 aromatic carbocycles. The second-order valence-electron chi connectivity index (χ2n) is 6.29. The van der Waals surface area contributed by atoms with Gasteiger partial charge in [-0.15, -0.1) is 10.2 Å². The van der Waals surface area contributed by atoms with Gasteiger partial charge in [-0.3, -0.25) is 4.79 Å². The molecule has 1 N–H and O–H groups in total. The molecule has 0 aliphatic heterocycles. The smallest absolute Gasteiger partial charge is 0.277 e. The fourth-order valence-corrected chi connectivity index (χ4v) is 3.38. The highest BCUT2D eigenvalue weighted by atomic mass is 32.2. The Kier molecular flexibility index (Phi) is 7.13. The zero-order valence-electron chi connectivity index (χ0n) is 16.5. The van der Waals surface area contributed by atoms with Crippen LogP contribution in [0.5, 0.6) is 11.5 Å². The fraction of sp³-hybridized carbons (Fsp3) is 0.286. The van der Waals surface area contributed by atoms with E-state index in [4.69, 9.17) is 13.9 Å². The first kappa shape index (κ1) is 20.7. The number of rotatable bonds is 9. The molecule has 0 spiro atoms. The van der Waals surface area contributed by atoms with Crippen LogP contribution in [0.15, 0.2) is 58.2 Å². The number of nitrogens with one attached hydrogen (secondary N) is 1. The Morgan fingerprint density at radius 2 is 1.83 bits per heavy atom. The van der Waals surface area contributed by atoms with Gasteiger partial charge in [0.15, 0.2) is 11.5 Å². The highest BCUT2D eigenvalue weighted by Crippen LogP contribution is 2.27. The van der Waals surface area contributed by atoms with Gasteiger partial charge in [-0.05, 0) is 30.2 Å². The van der Waals surface area contributed by atoms with Gasteiger partial charge in [-0.25, -0.2) is 0 Å². The molecule has 0 fully saturated rings. The van der Waals surface area contributed by atoms with Crippen molar-refractivity contribution in [1.29, 1.82) is 0 Å². The van der Waals surface area contributed by atoms with Crippen LogP contribution < -0.4 is 14.8 Å². The Morgan fingerprint density at radius 1 is 1.07 bits per heavy atom. The fourth-order valence-electron chi connectivity index (χ4n) is 2.66. The second-order valence-corrected chi connectivity index (χ2v) is 7.58. The number of carbonyl (C=O) groups is 1. The zero-order chi connectivity index (χ0) is 20.6. The third-order valence-corrected chi connectivity index (χ3v) is 5.14. The Morgan fingerprint density at radius 3 is 2.55 bits per heavy atom. The molecule has 3 aromatic rings. The lowest BCUT2D eigenvalue weighted by Gasteiger charge is -2.12. The van der Waals surface area contributed by atoms with Crippen molar-refractivity contribution >= 4 is 17.7 Å². The van der Waals surface area contributed by atoms with Crippen LogP contribution in [0.2, 0.25) is 0 Å². The predicted octanol–water partition coefficient (Wildman–Crippen LogP) is 3.47. The van der Waals surface area contributed by atoms with Gasteiger partial charge in [0, 0.05) is 6.54 Å². The molecule has 0 bridgehead atoms. The molecular weight excluding hydrogens is 390 g/mol. The maximum absolute atomic E-state index is 12.4. The summed E-state index contributed by atoms with van der Waals surface area (Å²) in [6.07, 6.45) is 0.564. The number of thioether (sulfide) groups is 1. The molecule has 0 unspecified atom stereocenters. The number of carbonyl (C=O) groups excluding carboxylic acids is 1. The number of nitrogens with zero attached hydrogens (tertiary/aromatic N) is 2. The molecule has 0 radical (unpaired) electrons. The summed E-state index contributed by atoms with van der Waals surface area (Å²) in [5.74, 6) is 1.68. The highest BCUT2D eigenvalue weighted by molar-refractivity contribution is 8.00. The topological polar surface area (TPSA) is 86.5 Å². The Labute approximate surface area is 173 Å². The minimum atomic E-state index is -0.375. The molecular formula is C21H23N3O4S. The Bertz CT molecular complexity index is 946. The first-order valence-corrected chi connectivity index (χ1v) is 9.98. The maximum atomic E-state index is 12.4. The summed E-state index contributed by atoms with van der Waals surface area (Å²) in [4.78, 5) is 12.4. The Balaban J connectivity index is 1.52. The van der Waals surface area contributed by atoms with Crippen LogP contribution >= 0.6 is 11.8 Å². The lowest BCUT2D eigenvalue weighted by atomic mass is 10.2. The lowest BCUT2D eigenvalue weighted by molar-refractivity contribution is -0.120. The molecule has 8 heteroatoms. The van der Waals surface area contributed by atoms with E-state index < -0.39 is 0 Å². The molecule has 29 heavy (non-hydrogen) atoms. The van der Waals surface area contributed by atoms with E-state index in [2.05, 4.69) is 15.5 Å². The van der Waals surface area contributed by atoms with E-state index in [-0.39, 0.29) is 11.2 Å². The van der Waals surface area contributed by atoms with Crippen molar-refractivity contribution in [2.24, 2.45) is 0 Å². The van der Waals surface area contributed by atoms with Crippen molar-refractivity contribution in [3.8, 4) is 11.5 Å². The molecule has 0 saturated heterocycles. The summed E-state index contributed by atoms with van der Waals surface area (Å²) in [6.45, 7) is 2.18. The van der Waals surface area contributed by atoms with E-state index in [1.165, 1.54) is 11.8 Å². The maximum Gasteiger partial charge on any atom is 0.277 e. The standard InChI is InChI=1S/C21H23N3O4S/c1-14(20(25)22-13-16-9-10-17(26-2)18(11-16)27-3)29-21-24-23-19(28-21)12-15-7-5-4-6-8-15/h4-11,14H,12-13H2,1-3H3,(H,22,25)/t14-/m0/s1. The largest absolute Gasteiger partial charge is 0.493 e. The van der Waals surface area contributed by atoms with E-state index >= 15 is 0 Å². The minimum Gasteiger partial charge on any atom is -0.493 e. The van der Waals surface area contributed by atoms with Crippen molar-refractivity contribution in [2.45, 2.75) is 30.4 Å². The zero-order valence-corrected chi connectivity index (χ0v) is 17.4. The van der Waals surface area contributed by atoms with Gasteiger partial charge in [-0.2, -0.15) is 0 Å². The molecule has 1 aromatic heterocycles. The Hall–Kier alpha value is -3.00. The van der Waals surface area contributed by atoms with Gasteiger partial charge in [0.05, 0.1) is 25.9 Å². The number of ether oxygens (including phenoxy) is 2. The van der Waals surface area contributed by atoms with Gasteiger partial charge >= 0.3 is 0 Å². The minimum absolute atomic E-state index is 0.118. The number of hydrogen-bond donors (Lipinski definition) is 1. The van der Waals surface area contributed by atoms with Crippen LogP contribution in [0.1, 0.15) is 23.9 Å². The van der Waals surface area contributed by atoms with Crippen molar-refractivity contribution in [3.63, 3.8) is 0 Å². The van der Waals surface area contributed by atoms with Crippen LogP contribution in [0.25, 0.3) is 0 Å². The predicted molar refractivity (Wildman–Crippen MR) is 110 cm³/mol. The summed E-state index contributed by atoms with van der Waals surface area (Å²) >= 11 is 1.23. The average molecular weight is 413 g/mol. The van der Waals surface area contributed by atoms with E-state index in [1.807, 2.05) is 48.5 Å². The summed E-state index contributed by atoms with van der Waals surface area (Å²) in [7, 11) is 3.16. The summed E-state index contributed by atoms with van der Waals surface area (Å²) in [5, 5.41) is 11.0. The lowest BCUT2D eigenvalue weighted by Crippen LogP contribution is -2.30. The second kappa shape index (κ2) is 9.97. The summed E-state index contributed by atoms with van der Waals surface area (Å²) in [6, 6.07) is 15.4. The van der Waals surface area contributed by atoms with Gasteiger partial charge < -0.3 is 19.2 Å². The van der Waals surface area contributed by atoms with Gasteiger partial charge in [0.25, 0.3) is 5.22 Å². The van der Waals surface area contributed by atoms with E-state index in [1.54, 1.807) is 21.1 Å². The third kappa shape index (κ3) is 5.74. The van der Waals surface area contributed by atoms with Crippen molar-refractivity contribution in [1.82, 2.24) is 15.5 Å². The van der Waals surface area contributed by atoms with Crippen LogP contribution in [0.4, 0.5) is 0 Å². The monoisotopic (exact) mass is 413 g/mol. The number of methoxy groups -OCH3 is 2. The number of benzene rings is 2. The van der Waals surface area contributed by atoms with Gasteiger partial charge in [0.1, 0.15) is 0 Å². The van der Waals surface area contributed by atoms with Crippen LogP contribution in [-0.4, -0.2) is 35.6 Å². The van der Waals surface area contributed by atoms with Crippen LogP contribution in [0.3, 0.4) is 0 Å². The highest BCUT2D eigenvalue weighted by Gasteiger charge is 2.18. The van der Waals surface area contributed by atoms with Crippen molar-refractivity contribution in [3.05, 3.63) is 65.5 Å². The number of hydrogen-bond acceptors (Lipinski definition) is 7. The molecule has 7 nitrogen and oxygen atoms in total.